The van der Waals surface area contributed by atoms with Gasteiger partial charge in [-0.1, -0.05) is 42.8 Å². The fourth-order valence-electron chi connectivity index (χ4n) is 3.02. The number of thiazole rings is 1. The highest BCUT2D eigenvalue weighted by Crippen LogP contribution is 2.24. The number of carbonyl (C=O) groups excluding carboxylic acids is 1. The van der Waals surface area contributed by atoms with Gasteiger partial charge in [-0.15, -0.1) is 11.3 Å². The number of benzene rings is 2. The second kappa shape index (κ2) is 10.2. The normalized spacial score (nSPS) is 12.4. The van der Waals surface area contributed by atoms with Crippen molar-refractivity contribution < 1.29 is 17.8 Å². The van der Waals surface area contributed by atoms with Crippen molar-refractivity contribution in [3.8, 4) is 0 Å². The first-order chi connectivity index (χ1) is 14.7. The molecule has 7 nitrogen and oxygen atoms in total. The van der Waals surface area contributed by atoms with Gasteiger partial charge in [0.2, 0.25) is 5.91 Å². The van der Waals surface area contributed by atoms with E-state index >= 15 is 0 Å². The van der Waals surface area contributed by atoms with Gasteiger partial charge in [0.05, 0.1) is 23.8 Å². The average Bonchev–Trinajstić information content (AvgIpc) is 3.17. The molecule has 10 heteroatoms. The van der Waals surface area contributed by atoms with Crippen molar-refractivity contribution in [3.63, 3.8) is 0 Å². The van der Waals surface area contributed by atoms with Gasteiger partial charge in [-0.25, -0.2) is 4.98 Å². The Labute approximate surface area is 190 Å². The van der Waals surface area contributed by atoms with Gasteiger partial charge in [0.25, 0.3) is 0 Å². The predicted molar refractivity (Wildman–Crippen MR) is 123 cm³/mol. The van der Waals surface area contributed by atoms with Crippen LogP contribution in [-0.2, 0) is 34.4 Å². The van der Waals surface area contributed by atoms with Crippen LogP contribution < -0.4 is 10.0 Å². The molecular weight excluding hydrogens is 458 g/mol. The van der Waals surface area contributed by atoms with Crippen LogP contribution in [0.3, 0.4) is 0 Å². The number of hydrogen-bond acceptors (Lipinski definition) is 5. The van der Waals surface area contributed by atoms with Crippen LogP contribution in [-0.4, -0.2) is 23.9 Å². The van der Waals surface area contributed by atoms with E-state index in [1.807, 2.05) is 23.1 Å². The first kappa shape index (κ1) is 23.2. The Hall–Kier alpha value is -2.46. The largest absolute Gasteiger partial charge is 0.357 e. The quantitative estimate of drug-likeness (QED) is 0.398. The van der Waals surface area contributed by atoms with E-state index in [4.69, 9.17) is 16.2 Å². The van der Waals surface area contributed by atoms with Gasteiger partial charge in [-0.05, 0) is 48.2 Å². The van der Waals surface area contributed by atoms with Gasteiger partial charge in [0.15, 0.2) is 0 Å². The summed E-state index contributed by atoms with van der Waals surface area (Å²) in [6, 6.07) is 13.4. The van der Waals surface area contributed by atoms with Crippen molar-refractivity contribution >= 4 is 44.8 Å². The first-order valence-electron chi connectivity index (χ1n) is 9.54. The van der Waals surface area contributed by atoms with Crippen molar-refractivity contribution in [1.82, 2.24) is 10.3 Å². The zero-order valence-corrected chi connectivity index (χ0v) is 19.1. The summed E-state index contributed by atoms with van der Waals surface area (Å²) >= 11 is 7.50. The van der Waals surface area contributed by atoms with Crippen molar-refractivity contribution in [1.29, 1.82) is 0 Å². The maximum Gasteiger partial charge on any atom is 0.357 e. The summed E-state index contributed by atoms with van der Waals surface area (Å²) in [6.07, 6.45) is 1.47. The molecule has 164 valence electrons. The second-order valence-electron chi connectivity index (χ2n) is 6.94. The highest BCUT2D eigenvalue weighted by atomic mass is 35.5. The van der Waals surface area contributed by atoms with E-state index in [1.165, 1.54) is 11.3 Å². The third-order valence-electron chi connectivity index (χ3n) is 4.46. The number of carbonyl (C=O) groups is 1. The van der Waals surface area contributed by atoms with Crippen molar-refractivity contribution in [2.75, 3.05) is 4.72 Å². The molecule has 0 aliphatic carbocycles. The predicted octanol–water partition coefficient (Wildman–Crippen LogP) is 4.22. The number of anilines is 1. The fraction of sp³-hybridized carbons (Fsp3) is 0.238. The molecule has 0 aliphatic rings. The Bertz CT molecular complexity index is 1150. The van der Waals surface area contributed by atoms with Gasteiger partial charge < -0.3 is 5.32 Å². The summed E-state index contributed by atoms with van der Waals surface area (Å²) in [7, 11) is -4.33. The van der Waals surface area contributed by atoms with Crippen LogP contribution in [0.2, 0.25) is 5.02 Å². The maximum atomic E-state index is 12.7. The molecule has 3 N–H and O–H groups in total. The number of rotatable bonds is 9. The smallest absolute Gasteiger partial charge is 0.346 e. The molecule has 0 fully saturated rings. The molecule has 1 amide bonds. The molecule has 31 heavy (non-hydrogen) atoms. The molecule has 0 aliphatic heterocycles. The molecule has 1 unspecified atom stereocenters. The molecule has 3 aromatic rings. The first-order valence-corrected chi connectivity index (χ1v) is 12.2. The van der Waals surface area contributed by atoms with Gasteiger partial charge >= 0.3 is 10.3 Å². The van der Waals surface area contributed by atoms with E-state index in [2.05, 4.69) is 10.3 Å². The molecule has 0 saturated heterocycles. The lowest BCUT2D eigenvalue weighted by molar-refractivity contribution is -0.121. The standard InChI is InChI=1S/C21H22ClN3O4S2/c1-2-17-13-30-21(23-17)19(24-20(26)12-15-4-3-5-16(22)10-15)11-14-6-8-18(9-7-14)25-31(27,28)29/h3-10,13,19,25H,2,11-12H2,1H3,(H,24,26)(H,27,28,29). The van der Waals surface area contributed by atoms with E-state index in [-0.39, 0.29) is 24.1 Å². The average molecular weight is 480 g/mol. The van der Waals surface area contributed by atoms with E-state index in [0.717, 1.165) is 28.2 Å². The van der Waals surface area contributed by atoms with Crippen molar-refractivity contribution in [3.05, 3.63) is 80.8 Å². The lowest BCUT2D eigenvalue weighted by Crippen LogP contribution is -2.31. The summed E-state index contributed by atoms with van der Waals surface area (Å²) in [5.41, 5.74) is 2.90. The minimum atomic E-state index is -4.33. The van der Waals surface area contributed by atoms with Gasteiger partial charge in [-0.2, -0.15) is 8.42 Å². The molecule has 0 bridgehead atoms. The van der Waals surface area contributed by atoms with Crippen LogP contribution in [0, 0.1) is 0 Å². The zero-order valence-electron chi connectivity index (χ0n) is 16.7. The number of aryl methyl sites for hydroxylation is 1. The monoisotopic (exact) mass is 479 g/mol. The van der Waals surface area contributed by atoms with Crippen LogP contribution in [0.1, 0.15) is 34.8 Å². The fourth-order valence-corrected chi connectivity index (χ4v) is 4.62. The summed E-state index contributed by atoms with van der Waals surface area (Å²) in [4.78, 5) is 17.3. The Balaban J connectivity index is 1.75. The SMILES string of the molecule is CCc1csc(C(Cc2ccc(NS(=O)(=O)O)cc2)NC(=O)Cc2cccc(Cl)c2)n1. The van der Waals surface area contributed by atoms with Crippen LogP contribution in [0.25, 0.3) is 0 Å². The number of nitrogens with zero attached hydrogens (tertiary/aromatic N) is 1. The molecule has 1 heterocycles. The van der Waals surface area contributed by atoms with Gasteiger partial charge in [0, 0.05) is 10.4 Å². The maximum absolute atomic E-state index is 12.7. The number of halogens is 1. The topological polar surface area (TPSA) is 108 Å². The van der Waals surface area contributed by atoms with Crippen LogP contribution in [0.5, 0.6) is 0 Å². The van der Waals surface area contributed by atoms with E-state index in [1.54, 1.807) is 42.5 Å². The minimum Gasteiger partial charge on any atom is -0.346 e. The van der Waals surface area contributed by atoms with Crippen LogP contribution >= 0.6 is 22.9 Å². The molecular formula is C21H22ClN3O4S2. The molecule has 1 atom stereocenters. The Kier molecular flexibility index (Phi) is 7.66. The number of amides is 1. The van der Waals surface area contributed by atoms with E-state index < -0.39 is 10.3 Å². The molecule has 2 aromatic carbocycles. The van der Waals surface area contributed by atoms with Gasteiger partial charge in [0.1, 0.15) is 5.01 Å². The van der Waals surface area contributed by atoms with Crippen molar-refractivity contribution in [2.24, 2.45) is 0 Å². The lowest BCUT2D eigenvalue weighted by Gasteiger charge is -2.17. The Morgan fingerprint density at radius 3 is 2.55 bits per heavy atom. The highest BCUT2D eigenvalue weighted by Gasteiger charge is 2.19. The van der Waals surface area contributed by atoms with Crippen molar-refractivity contribution in [2.45, 2.75) is 32.2 Å². The summed E-state index contributed by atoms with van der Waals surface area (Å²) < 4.78 is 32.8. The molecule has 0 saturated carbocycles. The Morgan fingerprint density at radius 1 is 1.19 bits per heavy atom. The van der Waals surface area contributed by atoms with E-state index in [0.29, 0.717) is 11.4 Å². The number of nitrogens with one attached hydrogen (secondary N) is 2. The molecule has 0 radical (unpaired) electrons. The van der Waals surface area contributed by atoms with Crippen LogP contribution in [0.15, 0.2) is 53.9 Å². The second-order valence-corrected chi connectivity index (χ2v) is 9.42. The third-order valence-corrected chi connectivity index (χ3v) is 6.20. The highest BCUT2D eigenvalue weighted by molar-refractivity contribution is 7.87. The van der Waals surface area contributed by atoms with E-state index in [9.17, 15) is 13.2 Å². The molecule has 0 spiro atoms. The number of hydrogen-bond donors (Lipinski definition) is 3. The minimum absolute atomic E-state index is 0.148. The molecule has 1 aromatic heterocycles. The summed E-state index contributed by atoms with van der Waals surface area (Å²) in [5, 5.41) is 6.41. The summed E-state index contributed by atoms with van der Waals surface area (Å²) in [6.45, 7) is 2.02. The Morgan fingerprint density at radius 2 is 1.94 bits per heavy atom. The zero-order chi connectivity index (χ0) is 22.4. The summed E-state index contributed by atoms with van der Waals surface area (Å²) in [5.74, 6) is -0.148. The number of aromatic nitrogens is 1. The van der Waals surface area contributed by atoms with Gasteiger partial charge in [-0.3, -0.25) is 14.1 Å². The third kappa shape index (κ3) is 7.32. The molecule has 3 rings (SSSR count). The van der Waals surface area contributed by atoms with Crippen LogP contribution in [0.4, 0.5) is 5.69 Å². The lowest BCUT2D eigenvalue weighted by atomic mass is 10.0.